The molecule has 0 fully saturated rings. The van der Waals surface area contributed by atoms with E-state index in [1.54, 1.807) is 11.3 Å². The molecule has 0 amide bonds. The summed E-state index contributed by atoms with van der Waals surface area (Å²) in [4.78, 5) is 5.61. The second kappa shape index (κ2) is 5.14. The number of nitrogens with two attached hydrogens (primary N) is 1. The van der Waals surface area contributed by atoms with Gasteiger partial charge in [-0.2, -0.15) is 4.98 Å². The Kier molecular flexibility index (Phi) is 3.11. The number of nitrogen functional groups attached to an aromatic ring is 1. The molecule has 112 valence electrons. The maximum Gasteiger partial charge on any atom is 0.241 e. The topological polar surface area (TPSA) is 68.8 Å². The summed E-state index contributed by atoms with van der Waals surface area (Å²) in [6.07, 6.45) is 0.930. The number of aromatic nitrogens is 3. The number of hydrogen-bond acceptors (Lipinski definition) is 5. The number of anilines is 2. The minimum absolute atomic E-state index is 0.173. The quantitative estimate of drug-likeness (QED) is 0.761. The highest BCUT2D eigenvalue weighted by Crippen LogP contribution is 2.39. The average Bonchev–Trinajstić information content (AvgIpc) is 3.15. The first kappa shape index (κ1) is 13.3. The molecule has 0 spiro atoms. The van der Waals surface area contributed by atoms with Gasteiger partial charge >= 0.3 is 0 Å². The predicted octanol–water partition coefficient (Wildman–Crippen LogP) is 3.38. The van der Waals surface area contributed by atoms with Gasteiger partial charge in [-0.25, -0.2) is 4.68 Å². The van der Waals surface area contributed by atoms with Crippen LogP contribution in [-0.2, 0) is 0 Å². The first-order chi connectivity index (χ1) is 10.7. The van der Waals surface area contributed by atoms with Crippen molar-refractivity contribution in [3.05, 3.63) is 57.8 Å². The second-order valence-corrected chi connectivity index (χ2v) is 6.59. The summed E-state index contributed by atoms with van der Waals surface area (Å²) < 4.78 is 1.91. The van der Waals surface area contributed by atoms with Crippen molar-refractivity contribution in [3.63, 3.8) is 0 Å². The molecule has 0 radical (unpaired) electrons. The molecule has 1 aliphatic rings. The molecule has 2 aromatic heterocycles. The van der Waals surface area contributed by atoms with E-state index in [0.29, 0.717) is 5.95 Å². The van der Waals surface area contributed by atoms with E-state index in [1.807, 2.05) is 4.68 Å². The molecule has 3 heterocycles. The maximum atomic E-state index is 5.80. The number of hydrogen-bond donors (Lipinski definition) is 2. The van der Waals surface area contributed by atoms with Crippen molar-refractivity contribution >= 4 is 23.2 Å². The molecule has 2 atom stereocenters. The Bertz CT molecular complexity index is 775. The lowest BCUT2D eigenvalue weighted by Crippen LogP contribution is -2.27. The molecule has 6 heteroatoms. The third kappa shape index (κ3) is 2.25. The molecular weight excluding hydrogens is 294 g/mol. The molecule has 1 aromatic carbocycles. The largest absolute Gasteiger partial charge is 0.366 e. The van der Waals surface area contributed by atoms with E-state index < -0.39 is 0 Å². The summed E-state index contributed by atoms with van der Waals surface area (Å²) in [5.41, 5.74) is 8.33. The first-order valence-corrected chi connectivity index (χ1v) is 8.17. The number of benzene rings is 1. The van der Waals surface area contributed by atoms with Crippen LogP contribution in [0.3, 0.4) is 0 Å². The van der Waals surface area contributed by atoms with E-state index in [4.69, 9.17) is 5.73 Å². The van der Waals surface area contributed by atoms with Crippen molar-refractivity contribution < 1.29 is 0 Å². The van der Waals surface area contributed by atoms with Crippen LogP contribution in [0.4, 0.5) is 11.9 Å². The number of nitrogens with one attached hydrogen (secondary N) is 1. The lowest BCUT2D eigenvalue weighted by atomic mass is 9.96. The zero-order chi connectivity index (χ0) is 15.1. The third-order valence-electron chi connectivity index (χ3n) is 4.06. The summed E-state index contributed by atoms with van der Waals surface area (Å²) in [7, 11) is 0. The van der Waals surface area contributed by atoms with Gasteiger partial charge in [0.1, 0.15) is 0 Å². The minimum Gasteiger partial charge on any atom is -0.366 e. The van der Waals surface area contributed by atoms with Gasteiger partial charge in [0.15, 0.2) is 0 Å². The first-order valence-electron chi connectivity index (χ1n) is 7.29. The number of nitrogens with zero attached hydrogens (tertiary/aromatic N) is 3. The Morgan fingerprint density at radius 3 is 2.82 bits per heavy atom. The van der Waals surface area contributed by atoms with Crippen molar-refractivity contribution in [1.29, 1.82) is 0 Å². The summed E-state index contributed by atoms with van der Waals surface area (Å²) >= 11 is 1.74. The molecule has 3 N–H and O–H groups in total. The summed E-state index contributed by atoms with van der Waals surface area (Å²) in [5.74, 6) is 1.06. The summed E-state index contributed by atoms with van der Waals surface area (Å²) in [6, 6.07) is 13.2. The molecular formula is C16H17N5S. The number of thiophene rings is 1. The summed E-state index contributed by atoms with van der Waals surface area (Å²) in [6.45, 7) is 2.10. The van der Waals surface area contributed by atoms with Crippen molar-refractivity contribution in [2.24, 2.45) is 0 Å². The van der Waals surface area contributed by atoms with Crippen LogP contribution in [0.1, 0.15) is 34.5 Å². The monoisotopic (exact) mass is 311 g/mol. The van der Waals surface area contributed by atoms with E-state index in [9.17, 15) is 0 Å². The van der Waals surface area contributed by atoms with Gasteiger partial charge in [-0.3, -0.25) is 0 Å². The molecule has 4 rings (SSSR count). The van der Waals surface area contributed by atoms with E-state index in [0.717, 1.165) is 12.4 Å². The van der Waals surface area contributed by atoms with Crippen LogP contribution in [0.25, 0.3) is 0 Å². The highest BCUT2D eigenvalue weighted by molar-refractivity contribution is 7.10. The number of aryl methyl sites for hydroxylation is 1. The Balaban J connectivity index is 1.74. The molecule has 1 aliphatic heterocycles. The highest BCUT2D eigenvalue weighted by Gasteiger charge is 2.31. The van der Waals surface area contributed by atoms with E-state index in [-0.39, 0.29) is 12.1 Å². The Hall–Kier alpha value is -2.34. The van der Waals surface area contributed by atoms with Gasteiger partial charge in [0.2, 0.25) is 11.9 Å². The fourth-order valence-corrected chi connectivity index (χ4v) is 3.75. The molecule has 22 heavy (non-hydrogen) atoms. The van der Waals surface area contributed by atoms with Crippen molar-refractivity contribution in [3.8, 4) is 0 Å². The van der Waals surface area contributed by atoms with Crippen LogP contribution >= 0.6 is 11.3 Å². The van der Waals surface area contributed by atoms with Crippen LogP contribution in [0.5, 0.6) is 0 Å². The molecule has 0 bridgehead atoms. The van der Waals surface area contributed by atoms with Gasteiger partial charge < -0.3 is 11.1 Å². The molecule has 0 aliphatic carbocycles. The van der Waals surface area contributed by atoms with Crippen LogP contribution in [-0.4, -0.2) is 14.8 Å². The van der Waals surface area contributed by atoms with E-state index in [2.05, 4.69) is 64.1 Å². The molecule has 0 saturated carbocycles. The molecule has 5 nitrogen and oxygen atoms in total. The van der Waals surface area contributed by atoms with Crippen LogP contribution in [0, 0.1) is 6.92 Å². The Morgan fingerprint density at radius 2 is 2.09 bits per heavy atom. The van der Waals surface area contributed by atoms with Gasteiger partial charge in [-0.15, -0.1) is 16.4 Å². The van der Waals surface area contributed by atoms with Crippen LogP contribution < -0.4 is 11.1 Å². The fraction of sp³-hybridized carbons (Fsp3) is 0.250. The predicted molar refractivity (Wildman–Crippen MR) is 89.1 cm³/mol. The van der Waals surface area contributed by atoms with Gasteiger partial charge in [-0.1, -0.05) is 35.9 Å². The molecule has 0 saturated heterocycles. The Morgan fingerprint density at radius 1 is 1.27 bits per heavy atom. The van der Waals surface area contributed by atoms with Crippen LogP contribution in [0.15, 0.2) is 41.8 Å². The lowest BCUT2D eigenvalue weighted by Gasteiger charge is -2.31. The number of rotatable bonds is 2. The maximum absolute atomic E-state index is 5.80. The second-order valence-electron chi connectivity index (χ2n) is 5.61. The van der Waals surface area contributed by atoms with Crippen molar-refractivity contribution in [2.45, 2.75) is 25.4 Å². The zero-order valence-corrected chi connectivity index (χ0v) is 13.0. The third-order valence-corrected chi connectivity index (χ3v) is 5.03. The highest BCUT2D eigenvalue weighted by atomic mass is 32.1. The smallest absolute Gasteiger partial charge is 0.241 e. The van der Waals surface area contributed by atoms with Gasteiger partial charge in [0, 0.05) is 4.88 Å². The van der Waals surface area contributed by atoms with Crippen molar-refractivity contribution in [2.75, 3.05) is 11.1 Å². The van der Waals surface area contributed by atoms with Gasteiger partial charge in [-0.05, 0) is 30.4 Å². The van der Waals surface area contributed by atoms with E-state index in [1.165, 1.54) is 16.0 Å². The SMILES string of the molecule is Cc1ccc([C@H]2C[C@H](c3cccs3)n3nc(N)nc3N2)cc1. The molecule has 0 unspecified atom stereocenters. The minimum atomic E-state index is 0.173. The lowest BCUT2D eigenvalue weighted by molar-refractivity contribution is 0.437. The van der Waals surface area contributed by atoms with Gasteiger partial charge in [0.05, 0.1) is 12.1 Å². The number of fused-ring (bicyclic) bond motifs is 1. The normalized spacial score (nSPS) is 20.4. The average molecular weight is 311 g/mol. The van der Waals surface area contributed by atoms with Crippen LogP contribution in [0.2, 0.25) is 0 Å². The summed E-state index contributed by atoms with van der Waals surface area (Å²) in [5, 5.41) is 9.91. The Labute approximate surface area is 132 Å². The molecule has 3 aromatic rings. The fourth-order valence-electron chi connectivity index (χ4n) is 2.93. The van der Waals surface area contributed by atoms with E-state index >= 15 is 0 Å². The van der Waals surface area contributed by atoms with Gasteiger partial charge in [0.25, 0.3) is 0 Å². The standard InChI is InChI=1S/C16H17N5S/c1-10-4-6-11(7-5-10)12-9-13(14-3-2-8-22-14)21-16(18-12)19-15(17)20-21/h2-8,12-13H,9H2,1H3,(H3,17,18,19,20)/t12-,13-/m1/s1. The zero-order valence-electron chi connectivity index (χ0n) is 12.2. The van der Waals surface area contributed by atoms with Crippen molar-refractivity contribution in [1.82, 2.24) is 14.8 Å².